The molecule has 3 N–H and O–H groups in total. The fourth-order valence-electron chi connectivity index (χ4n) is 4.90. The second-order valence-electron chi connectivity index (χ2n) is 9.77. The number of carbonyl (C=O) groups is 2. The lowest BCUT2D eigenvalue weighted by Crippen LogP contribution is -2.45. The molecule has 3 aromatic carbocycles. The van der Waals surface area contributed by atoms with Crippen LogP contribution in [0.1, 0.15) is 36.6 Å². The number of thiocarbonyl (C=S) groups is 1. The van der Waals surface area contributed by atoms with Crippen molar-refractivity contribution < 1.29 is 23.5 Å². The number of aromatic nitrogens is 1. The number of ether oxygens (including phenoxy) is 2. The molecular formula is C32H30FN5O4S. The first kappa shape index (κ1) is 29.5. The number of hydrazone groups is 1. The normalized spacial score (nSPS) is 14.9. The van der Waals surface area contributed by atoms with E-state index in [9.17, 15) is 14.0 Å². The van der Waals surface area contributed by atoms with E-state index in [1.165, 1.54) is 12.1 Å². The molecule has 0 unspecified atom stereocenters. The van der Waals surface area contributed by atoms with Gasteiger partial charge >= 0.3 is 5.97 Å². The molecule has 1 atom stereocenters. The molecule has 0 saturated heterocycles. The number of carbonyl (C=O) groups excluding carboxylic acids is 2. The summed E-state index contributed by atoms with van der Waals surface area (Å²) >= 11 is 5.33. The van der Waals surface area contributed by atoms with Gasteiger partial charge in [-0.05, 0) is 55.9 Å². The first-order valence-corrected chi connectivity index (χ1v) is 14.1. The summed E-state index contributed by atoms with van der Waals surface area (Å²) < 4.78 is 26.5. The highest BCUT2D eigenvalue weighted by Crippen LogP contribution is 2.33. The van der Waals surface area contributed by atoms with E-state index in [1.54, 1.807) is 50.4 Å². The van der Waals surface area contributed by atoms with Crippen LogP contribution in [0.5, 0.6) is 5.75 Å². The molecule has 4 aromatic rings. The van der Waals surface area contributed by atoms with Gasteiger partial charge in [0.15, 0.2) is 11.7 Å². The molecule has 0 saturated carbocycles. The van der Waals surface area contributed by atoms with Crippen molar-refractivity contribution in [2.45, 2.75) is 26.4 Å². The average Bonchev–Trinajstić information content (AvgIpc) is 3.34. The second-order valence-corrected chi connectivity index (χ2v) is 10.2. The van der Waals surface area contributed by atoms with E-state index in [1.807, 2.05) is 41.1 Å². The molecule has 1 aliphatic heterocycles. The Labute approximate surface area is 253 Å². The van der Waals surface area contributed by atoms with Gasteiger partial charge in [0.1, 0.15) is 11.6 Å². The standard InChI is InChI=1S/C32H30FN5O4S/c1-3-41-31(40)29-20(2)35-32(43)36-30(29)25-9-5-7-11-27(25)42-19-28(39)37-34-16-22-18-38(26-10-6-4-8-24(22)26)17-21-12-14-23(33)15-13-21/h4-16,18,30H,3,17,19H2,1-2H3,(H,37,39)(H2,35,36,43)/t30-/m1/s1. The number of hydrogen-bond donors (Lipinski definition) is 3. The van der Waals surface area contributed by atoms with Gasteiger partial charge in [-0.2, -0.15) is 5.10 Å². The van der Waals surface area contributed by atoms with Crippen LogP contribution in [-0.2, 0) is 20.9 Å². The van der Waals surface area contributed by atoms with Crippen molar-refractivity contribution >= 4 is 46.3 Å². The minimum atomic E-state index is -0.627. The molecule has 1 aromatic heterocycles. The first-order valence-electron chi connectivity index (χ1n) is 13.7. The van der Waals surface area contributed by atoms with Crippen molar-refractivity contribution in [2.75, 3.05) is 13.2 Å². The van der Waals surface area contributed by atoms with E-state index >= 15 is 0 Å². The summed E-state index contributed by atoms with van der Waals surface area (Å²) in [4.78, 5) is 25.4. The van der Waals surface area contributed by atoms with Gasteiger partial charge in [-0.15, -0.1) is 0 Å². The summed E-state index contributed by atoms with van der Waals surface area (Å²) in [5.41, 5.74) is 6.84. The third-order valence-electron chi connectivity index (χ3n) is 6.83. The number of benzene rings is 3. The van der Waals surface area contributed by atoms with Gasteiger partial charge in [-0.25, -0.2) is 14.6 Å². The van der Waals surface area contributed by atoms with Crippen LogP contribution in [0.3, 0.4) is 0 Å². The molecule has 43 heavy (non-hydrogen) atoms. The van der Waals surface area contributed by atoms with Crippen molar-refractivity contribution in [3.8, 4) is 5.75 Å². The highest BCUT2D eigenvalue weighted by Gasteiger charge is 2.32. The number of para-hydroxylation sites is 2. The summed E-state index contributed by atoms with van der Waals surface area (Å²) in [7, 11) is 0. The number of nitrogens with zero attached hydrogens (tertiary/aromatic N) is 2. The maximum absolute atomic E-state index is 13.3. The first-order chi connectivity index (χ1) is 20.8. The topological polar surface area (TPSA) is 106 Å². The number of fused-ring (bicyclic) bond motifs is 1. The summed E-state index contributed by atoms with van der Waals surface area (Å²) in [6.45, 7) is 3.95. The molecule has 220 valence electrons. The predicted molar refractivity (Wildman–Crippen MR) is 166 cm³/mol. The number of nitrogens with one attached hydrogen (secondary N) is 3. The molecule has 0 radical (unpaired) electrons. The van der Waals surface area contributed by atoms with Crippen LogP contribution in [-0.4, -0.2) is 41.0 Å². The Kier molecular flexibility index (Phi) is 9.11. The van der Waals surface area contributed by atoms with Gasteiger partial charge in [-0.3, -0.25) is 4.79 Å². The smallest absolute Gasteiger partial charge is 0.338 e. The van der Waals surface area contributed by atoms with E-state index < -0.39 is 17.9 Å². The fourth-order valence-corrected chi connectivity index (χ4v) is 5.17. The zero-order valence-corrected chi connectivity index (χ0v) is 24.4. The van der Waals surface area contributed by atoms with Crippen molar-refractivity contribution in [3.05, 3.63) is 113 Å². The second kappa shape index (κ2) is 13.3. The summed E-state index contributed by atoms with van der Waals surface area (Å²) in [6.07, 6.45) is 3.51. The number of rotatable bonds is 10. The SMILES string of the molecule is CCOC(=O)C1=C(C)NC(=S)N[C@@H]1c1ccccc1OCC(=O)NN=Cc1cn(Cc2ccc(F)cc2)c2ccccc12. The number of allylic oxidation sites excluding steroid dienone is 1. The maximum atomic E-state index is 13.3. The Morgan fingerprint density at radius 2 is 1.84 bits per heavy atom. The number of hydrogen-bond acceptors (Lipinski definition) is 6. The average molecular weight is 600 g/mol. The van der Waals surface area contributed by atoms with Crippen LogP contribution in [0.15, 0.2) is 95.4 Å². The zero-order chi connectivity index (χ0) is 30.3. The van der Waals surface area contributed by atoms with Crippen molar-refractivity contribution in [2.24, 2.45) is 5.10 Å². The van der Waals surface area contributed by atoms with Crippen LogP contribution in [0.4, 0.5) is 4.39 Å². The Balaban J connectivity index is 1.27. The quantitative estimate of drug-likeness (QED) is 0.105. The van der Waals surface area contributed by atoms with Crippen LogP contribution in [0.25, 0.3) is 10.9 Å². The molecule has 1 amide bonds. The molecule has 5 rings (SSSR count). The zero-order valence-electron chi connectivity index (χ0n) is 23.6. The van der Waals surface area contributed by atoms with Crippen molar-refractivity contribution in [1.82, 2.24) is 20.6 Å². The third-order valence-corrected chi connectivity index (χ3v) is 7.05. The molecule has 1 aliphatic rings. The fraction of sp³-hybridized carbons (Fsp3) is 0.188. The number of halogens is 1. The molecule has 0 aliphatic carbocycles. The van der Waals surface area contributed by atoms with E-state index in [-0.39, 0.29) is 19.0 Å². The predicted octanol–water partition coefficient (Wildman–Crippen LogP) is 4.71. The lowest BCUT2D eigenvalue weighted by Gasteiger charge is -2.30. The lowest BCUT2D eigenvalue weighted by molar-refractivity contribution is -0.139. The molecule has 0 bridgehead atoms. The molecule has 11 heteroatoms. The highest BCUT2D eigenvalue weighted by molar-refractivity contribution is 7.80. The monoisotopic (exact) mass is 599 g/mol. The van der Waals surface area contributed by atoms with Gasteiger partial charge < -0.3 is 24.7 Å². The largest absolute Gasteiger partial charge is 0.483 e. The van der Waals surface area contributed by atoms with E-state index in [0.29, 0.717) is 34.2 Å². The molecule has 2 heterocycles. The van der Waals surface area contributed by atoms with Gasteiger partial charge in [0, 0.05) is 40.5 Å². The summed E-state index contributed by atoms with van der Waals surface area (Å²) in [5.74, 6) is -0.819. The van der Waals surface area contributed by atoms with Gasteiger partial charge in [-0.1, -0.05) is 48.5 Å². The Bertz CT molecular complexity index is 1730. The molecule has 0 spiro atoms. The summed E-state index contributed by atoms with van der Waals surface area (Å²) in [5, 5.41) is 11.5. The van der Waals surface area contributed by atoms with E-state index in [4.69, 9.17) is 21.7 Å². The Morgan fingerprint density at radius 1 is 1.09 bits per heavy atom. The van der Waals surface area contributed by atoms with Gasteiger partial charge in [0.25, 0.3) is 5.91 Å². The van der Waals surface area contributed by atoms with E-state index in [0.717, 1.165) is 22.0 Å². The Hall–Kier alpha value is -5.03. The Morgan fingerprint density at radius 3 is 2.63 bits per heavy atom. The minimum absolute atomic E-state index is 0.223. The number of esters is 1. The maximum Gasteiger partial charge on any atom is 0.338 e. The lowest BCUT2D eigenvalue weighted by atomic mass is 9.95. The summed E-state index contributed by atoms with van der Waals surface area (Å²) in [6, 6.07) is 20.7. The van der Waals surface area contributed by atoms with Crippen LogP contribution >= 0.6 is 12.2 Å². The molecule has 0 fully saturated rings. The van der Waals surface area contributed by atoms with Crippen LogP contribution in [0, 0.1) is 5.82 Å². The number of amides is 1. The van der Waals surface area contributed by atoms with E-state index in [2.05, 4.69) is 21.2 Å². The van der Waals surface area contributed by atoms with Crippen LogP contribution < -0.4 is 20.8 Å². The third kappa shape index (κ3) is 6.90. The molecule has 9 nitrogen and oxygen atoms in total. The minimum Gasteiger partial charge on any atom is -0.483 e. The molecular weight excluding hydrogens is 569 g/mol. The van der Waals surface area contributed by atoms with Gasteiger partial charge in [0.2, 0.25) is 0 Å². The van der Waals surface area contributed by atoms with Crippen molar-refractivity contribution in [3.63, 3.8) is 0 Å². The van der Waals surface area contributed by atoms with Gasteiger partial charge in [0.05, 0.1) is 24.4 Å². The highest BCUT2D eigenvalue weighted by atomic mass is 32.1. The van der Waals surface area contributed by atoms with Crippen molar-refractivity contribution in [1.29, 1.82) is 0 Å². The van der Waals surface area contributed by atoms with Crippen LogP contribution in [0.2, 0.25) is 0 Å².